The summed E-state index contributed by atoms with van der Waals surface area (Å²) in [6.45, 7) is 2.73. The van der Waals surface area contributed by atoms with Crippen LogP contribution in [0.2, 0.25) is 0 Å². The highest BCUT2D eigenvalue weighted by Crippen LogP contribution is 2.33. The van der Waals surface area contributed by atoms with Crippen molar-refractivity contribution in [3.8, 4) is 5.75 Å². The van der Waals surface area contributed by atoms with E-state index in [1.165, 1.54) is 0 Å². The van der Waals surface area contributed by atoms with Gasteiger partial charge in [0.25, 0.3) is 5.91 Å². The molecule has 124 valence electrons. The zero-order valence-corrected chi connectivity index (χ0v) is 13.8. The Balaban J connectivity index is 1.70. The highest BCUT2D eigenvalue weighted by atomic mass is 16.5. The van der Waals surface area contributed by atoms with Crippen molar-refractivity contribution in [1.29, 1.82) is 0 Å². The zero-order chi connectivity index (χ0) is 16.7. The van der Waals surface area contributed by atoms with E-state index < -0.39 is 0 Å². The van der Waals surface area contributed by atoms with Gasteiger partial charge in [0, 0.05) is 35.5 Å². The van der Waals surface area contributed by atoms with Gasteiger partial charge in [-0.3, -0.25) is 4.79 Å². The Hall–Kier alpha value is -2.76. The Morgan fingerprint density at radius 1 is 1.42 bits per heavy atom. The summed E-state index contributed by atoms with van der Waals surface area (Å²) in [6.07, 6.45) is 5.52. The fraction of sp³-hybridized carbons (Fsp3) is 0.333. The van der Waals surface area contributed by atoms with Crippen LogP contribution >= 0.6 is 0 Å². The van der Waals surface area contributed by atoms with E-state index in [9.17, 15) is 4.79 Å². The standard InChI is InChI=1S/C18H20N4O2/c1-11-9-20-17(21-11)16-4-3-7-22(16)18(23)14-10-19-15-6-5-12(24-2)8-13(14)15/h5-6,8-10,16,19H,3-4,7H2,1-2H3,(H,20,21)/t16-/m0/s1. The molecule has 0 radical (unpaired) electrons. The van der Waals surface area contributed by atoms with E-state index in [4.69, 9.17) is 4.74 Å². The number of likely N-dealkylation sites (tertiary alicyclic amines) is 1. The van der Waals surface area contributed by atoms with E-state index in [0.717, 1.165) is 47.6 Å². The number of carbonyl (C=O) groups is 1. The second-order valence-corrected chi connectivity index (χ2v) is 6.22. The summed E-state index contributed by atoms with van der Waals surface area (Å²) >= 11 is 0. The van der Waals surface area contributed by atoms with Gasteiger partial charge in [-0.25, -0.2) is 4.98 Å². The number of hydrogen-bond acceptors (Lipinski definition) is 3. The number of hydrogen-bond donors (Lipinski definition) is 2. The first-order valence-electron chi connectivity index (χ1n) is 8.15. The number of nitrogens with zero attached hydrogens (tertiary/aromatic N) is 2. The monoisotopic (exact) mass is 324 g/mol. The molecule has 1 aliphatic heterocycles. The van der Waals surface area contributed by atoms with Crippen LogP contribution in [0.25, 0.3) is 10.9 Å². The number of rotatable bonds is 3. The molecule has 6 heteroatoms. The van der Waals surface area contributed by atoms with E-state index in [1.807, 2.05) is 36.2 Å². The molecule has 1 amide bonds. The van der Waals surface area contributed by atoms with Crippen molar-refractivity contribution >= 4 is 16.8 Å². The first-order valence-corrected chi connectivity index (χ1v) is 8.15. The number of nitrogens with one attached hydrogen (secondary N) is 2. The Morgan fingerprint density at radius 3 is 3.04 bits per heavy atom. The fourth-order valence-corrected chi connectivity index (χ4v) is 3.45. The minimum Gasteiger partial charge on any atom is -0.497 e. The second kappa shape index (κ2) is 5.70. The molecule has 2 aromatic heterocycles. The molecule has 2 N–H and O–H groups in total. The third kappa shape index (κ3) is 2.35. The van der Waals surface area contributed by atoms with Crippen molar-refractivity contribution in [2.24, 2.45) is 0 Å². The lowest BCUT2D eigenvalue weighted by molar-refractivity contribution is 0.0732. The number of carbonyl (C=O) groups excluding carboxylic acids is 1. The number of methoxy groups -OCH3 is 1. The fourth-order valence-electron chi connectivity index (χ4n) is 3.45. The van der Waals surface area contributed by atoms with E-state index in [0.29, 0.717) is 5.56 Å². The molecule has 3 heterocycles. The number of aryl methyl sites for hydroxylation is 1. The van der Waals surface area contributed by atoms with Crippen molar-refractivity contribution in [2.75, 3.05) is 13.7 Å². The van der Waals surface area contributed by atoms with Crippen LogP contribution in [-0.2, 0) is 0 Å². The molecule has 6 nitrogen and oxygen atoms in total. The molecule has 1 saturated heterocycles. The first-order chi connectivity index (χ1) is 11.7. The van der Waals surface area contributed by atoms with Crippen LogP contribution in [0.15, 0.2) is 30.6 Å². The summed E-state index contributed by atoms with van der Waals surface area (Å²) in [5.74, 6) is 1.65. The summed E-state index contributed by atoms with van der Waals surface area (Å²) in [5.41, 5.74) is 2.63. The molecule has 0 spiro atoms. The van der Waals surface area contributed by atoms with Gasteiger partial charge in [0.15, 0.2) is 0 Å². The predicted molar refractivity (Wildman–Crippen MR) is 91.2 cm³/mol. The lowest BCUT2D eigenvalue weighted by atomic mass is 10.1. The van der Waals surface area contributed by atoms with Crippen LogP contribution in [0, 0.1) is 6.92 Å². The highest BCUT2D eigenvalue weighted by Gasteiger charge is 2.33. The van der Waals surface area contributed by atoms with Gasteiger partial charge in [-0.1, -0.05) is 0 Å². The average molecular weight is 324 g/mol. The van der Waals surface area contributed by atoms with Gasteiger partial charge >= 0.3 is 0 Å². The van der Waals surface area contributed by atoms with Crippen molar-refractivity contribution in [3.05, 3.63) is 47.7 Å². The van der Waals surface area contributed by atoms with Crippen LogP contribution in [-0.4, -0.2) is 39.4 Å². The van der Waals surface area contributed by atoms with Crippen molar-refractivity contribution in [3.63, 3.8) is 0 Å². The van der Waals surface area contributed by atoms with Gasteiger partial charge in [-0.15, -0.1) is 0 Å². The molecule has 4 rings (SSSR count). The Morgan fingerprint density at radius 2 is 2.29 bits per heavy atom. The molecule has 1 aliphatic rings. The van der Waals surface area contributed by atoms with Gasteiger partial charge in [0.1, 0.15) is 11.6 Å². The molecule has 0 bridgehead atoms. The normalized spacial score (nSPS) is 17.6. The minimum atomic E-state index is 0.0155. The molecule has 0 saturated carbocycles. The van der Waals surface area contributed by atoms with Crippen LogP contribution in [0.1, 0.15) is 40.8 Å². The number of amides is 1. The largest absolute Gasteiger partial charge is 0.497 e. The van der Waals surface area contributed by atoms with Gasteiger partial charge in [-0.05, 0) is 38.0 Å². The van der Waals surface area contributed by atoms with E-state index in [2.05, 4.69) is 15.0 Å². The second-order valence-electron chi connectivity index (χ2n) is 6.22. The number of aromatic amines is 2. The van der Waals surface area contributed by atoms with Gasteiger partial charge in [0.05, 0.1) is 18.7 Å². The minimum absolute atomic E-state index is 0.0155. The van der Waals surface area contributed by atoms with Gasteiger partial charge < -0.3 is 19.6 Å². The van der Waals surface area contributed by atoms with Crippen LogP contribution in [0.4, 0.5) is 0 Å². The maximum Gasteiger partial charge on any atom is 0.256 e. The zero-order valence-electron chi connectivity index (χ0n) is 13.8. The molecule has 1 atom stereocenters. The van der Waals surface area contributed by atoms with Gasteiger partial charge in [-0.2, -0.15) is 0 Å². The summed E-state index contributed by atoms with van der Waals surface area (Å²) in [6, 6.07) is 5.74. The van der Waals surface area contributed by atoms with E-state index in [-0.39, 0.29) is 11.9 Å². The molecule has 24 heavy (non-hydrogen) atoms. The number of benzene rings is 1. The van der Waals surface area contributed by atoms with Crippen molar-refractivity contribution in [1.82, 2.24) is 19.9 Å². The number of imidazole rings is 1. The van der Waals surface area contributed by atoms with E-state index in [1.54, 1.807) is 13.3 Å². The topological polar surface area (TPSA) is 74.0 Å². The third-order valence-electron chi connectivity index (χ3n) is 4.67. The highest BCUT2D eigenvalue weighted by molar-refractivity contribution is 6.07. The number of aromatic nitrogens is 3. The Bertz CT molecular complexity index is 895. The lowest BCUT2D eigenvalue weighted by Gasteiger charge is -2.23. The number of H-pyrrole nitrogens is 2. The van der Waals surface area contributed by atoms with Crippen LogP contribution < -0.4 is 4.74 Å². The van der Waals surface area contributed by atoms with Crippen molar-refractivity contribution < 1.29 is 9.53 Å². The predicted octanol–water partition coefficient (Wildman–Crippen LogP) is 3.19. The summed E-state index contributed by atoms with van der Waals surface area (Å²) in [7, 11) is 1.63. The quantitative estimate of drug-likeness (QED) is 0.777. The number of fused-ring (bicyclic) bond motifs is 1. The van der Waals surface area contributed by atoms with Crippen LogP contribution in [0.5, 0.6) is 5.75 Å². The molecule has 0 unspecified atom stereocenters. The third-order valence-corrected chi connectivity index (χ3v) is 4.67. The van der Waals surface area contributed by atoms with Crippen LogP contribution in [0.3, 0.4) is 0 Å². The maximum atomic E-state index is 13.1. The molecule has 1 fully saturated rings. The average Bonchev–Trinajstić information content (AvgIpc) is 3.32. The summed E-state index contributed by atoms with van der Waals surface area (Å²) in [4.78, 5) is 25.9. The molecular formula is C18H20N4O2. The van der Waals surface area contributed by atoms with E-state index >= 15 is 0 Å². The molecule has 1 aromatic carbocycles. The Labute approximate surface area is 139 Å². The first kappa shape index (κ1) is 14.8. The molecule has 3 aromatic rings. The smallest absolute Gasteiger partial charge is 0.256 e. The maximum absolute atomic E-state index is 13.1. The number of ether oxygens (including phenoxy) is 1. The lowest BCUT2D eigenvalue weighted by Crippen LogP contribution is -2.31. The Kier molecular flexibility index (Phi) is 3.52. The molecule has 0 aliphatic carbocycles. The molecular weight excluding hydrogens is 304 g/mol. The van der Waals surface area contributed by atoms with Gasteiger partial charge in [0.2, 0.25) is 0 Å². The van der Waals surface area contributed by atoms with Crippen molar-refractivity contribution in [2.45, 2.75) is 25.8 Å². The summed E-state index contributed by atoms with van der Waals surface area (Å²) in [5, 5.41) is 0.889. The summed E-state index contributed by atoms with van der Waals surface area (Å²) < 4.78 is 5.29. The SMILES string of the molecule is COc1ccc2[nH]cc(C(=O)N3CCC[C@H]3c3ncc(C)[nH]3)c2c1.